The van der Waals surface area contributed by atoms with E-state index in [-0.39, 0.29) is 26.4 Å². The van der Waals surface area contributed by atoms with Crippen molar-refractivity contribution in [3.05, 3.63) is 119 Å². The molecular formula is C35H40O6. The minimum Gasteiger partial charge on any atom is -0.488 e. The van der Waals surface area contributed by atoms with E-state index in [0.29, 0.717) is 26.2 Å². The molecule has 2 N–H and O–H groups in total. The summed E-state index contributed by atoms with van der Waals surface area (Å²) in [7, 11) is 0. The van der Waals surface area contributed by atoms with Crippen LogP contribution in [0.3, 0.4) is 0 Å². The van der Waals surface area contributed by atoms with Gasteiger partial charge in [-0.25, -0.2) is 0 Å². The maximum atomic E-state index is 10.2. The molecule has 0 aliphatic rings. The lowest BCUT2D eigenvalue weighted by Gasteiger charge is -2.23. The van der Waals surface area contributed by atoms with Gasteiger partial charge in [0.25, 0.3) is 0 Å². The van der Waals surface area contributed by atoms with Gasteiger partial charge in [-0.2, -0.15) is 0 Å². The van der Waals surface area contributed by atoms with Crippen molar-refractivity contribution in [1.82, 2.24) is 0 Å². The number of hydrogen-bond acceptors (Lipinski definition) is 6. The fourth-order valence-electron chi connectivity index (χ4n) is 4.75. The SMILES string of the molecule is CCc1c(OCc2ccccc2)cc(OCc2ccccc2)c(-c2ccccc2)c1CCOCC(O)COCCO. The second-order valence-corrected chi connectivity index (χ2v) is 9.75. The van der Waals surface area contributed by atoms with Gasteiger partial charge in [0, 0.05) is 11.6 Å². The zero-order valence-electron chi connectivity index (χ0n) is 23.7. The van der Waals surface area contributed by atoms with Gasteiger partial charge in [-0.3, -0.25) is 0 Å². The van der Waals surface area contributed by atoms with E-state index in [2.05, 4.69) is 43.3 Å². The van der Waals surface area contributed by atoms with Crippen LogP contribution >= 0.6 is 0 Å². The molecule has 0 spiro atoms. The van der Waals surface area contributed by atoms with Crippen molar-refractivity contribution >= 4 is 0 Å². The molecule has 0 saturated heterocycles. The van der Waals surface area contributed by atoms with Gasteiger partial charge >= 0.3 is 0 Å². The number of hydrogen-bond donors (Lipinski definition) is 2. The van der Waals surface area contributed by atoms with Crippen molar-refractivity contribution < 1.29 is 29.2 Å². The number of benzene rings is 4. The summed E-state index contributed by atoms with van der Waals surface area (Å²) in [6, 6.07) is 32.6. The van der Waals surface area contributed by atoms with Crippen LogP contribution in [0.25, 0.3) is 11.1 Å². The third kappa shape index (κ3) is 9.17. The zero-order chi connectivity index (χ0) is 28.7. The summed E-state index contributed by atoms with van der Waals surface area (Å²) in [5.74, 6) is 1.55. The lowest BCUT2D eigenvalue weighted by atomic mass is 9.90. The third-order valence-electron chi connectivity index (χ3n) is 6.71. The van der Waals surface area contributed by atoms with Crippen molar-refractivity contribution in [2.24, 2.45) is 0 Å². The van der Waals surface area contributed by atoms with E-state index in [1.165, 1.54) is 0 Å². The van der Waals surface area contributed by atoms with Crippen molar-refractivity contribution in [3.8, 4) is 22.6 Å². The summed E-state index contributed by atoms with van der Waals surface area (Å²) in [5.41, 5.74) is 6.49. The Hall–Kier alpha value is -3.68. The van der Waals surface area contributed by atoms with Crippen LogP contribution in [0.4, 0.5) is 0 Å². The summed E-state index contributed by atoms with van der Waals surface area (Å²) in [6.07, 6.45) is 0.628. The number of ether oxygens (including phenoxy) is 4. The van der Waals surface area contributed by atoms with E-state index in [1.54, 1.807) is 0 Å². The normalized spacial score (nSPS) is 11.8. The predicted octanol–water partition coefficient (Wildman–Crippen LogP) is 6.00. The van der Waals surface area contributed by atoms with Gasteiger partial charge in [0.2, 0.25) is 0 Å². The molecule has 216 valence electrons. The van der Waals surface area contributed by atoms with E-state index in [0.717, 1.165) is 51.3 Å². The van der Waals surface area contributed by atoms with Gasteiger partial charge in [-0.1, -0.05) is 97.9 Å². The standard InChI is InChI=1S/C35H40O6/c1-2-31-32(18-20-38-25-30(37)26-39-21-19-36)35(29-16-10-5-11-17-29)34(41-24-28-14-8-4-9-15-28)22-33(31)40-23-27-12-6-3-7-13-27/h3-17,22,30,36-37H,2,18-21,23-26H2,1H3. The first-order valence-electron chi connectivity index (χ1n) is 14.2. The molecular weight excluding hydrogens is 516 g/mol. The smallest absolute Gasteiger partial charge is 0.131 e. The molecule has 0 aliphatic heterocycles. The van der Waals surface area contributed by atoms with Crippen LogP contribution in [0.5, 0.6) is 11.5 Å². The monoisotopic (exact) mass is 556 g/mol. The van der Waals surface area contributed by atoms with Crippen molar-refractivity contribution in [1.29, 1.82) is 0 Å². The second kappa shape index (κ2) is 16.6. The van der Waals surface area contributed by atoms with Crippen LogP contribution in [0.1, 0.15) is 29.2 Å². The van der Waals surface area contributed by atoms with Gasteiger partial charge in [0.1, 0.15) is 30.8 Å². The van der Waals surface area contributed by atoms with Gasteiger partial charge < -0.3 is 29.2 Å². The van der Waals surface area contributed by atoms with E-state index >= 15 is 0 Å². The number of rotatable bonds is 17. The average molecular weight is 557 g/mol. The average Bonchev–Trinajstić information content (AvgIpc) is 3.02. The Kier molecular flexibility index (Phi) is 12.2. The first kappa shape index (κ1) is 30.3. The minimum absolute atomic E-state index is 0.0764. The molecule has 0 aliphatic carbocycles. The Labute approximate surface area is 243 Å². The van der Waals surface area contributed by atoms with Gasteiger partial charge in [0.05, 0.1) is 33.0 Å². The summed E-state index contributed by atoms with van der Waals surface area (Å²) in [4.78, 5) is 0. The van der Waals surface area contributed by atoms with Crippen LogP contribution in [-0.2, 0) is 35.5 Å². The predicted molar refractivity (Wildman–Crippen MR) is 161 cm³/mol. The van der Waals surface area contributed by atoms with Crippen molar-refractivity contribution in [2.45, 2.75) is 39.1 Å². The van der Waals surface area contributed by atoms with Gasteiger partial charge in [0.15, 0.2) is 0 Å². The number of aliphatic hydroxyl groups is 2. The minimum atomic E-state index is -0.758. The highest BCUT2D eigenvalue weighted by atomic mass is 16.5. The highest BCUT2D eigenvalue weighted by Crippen LogP contribution is 2.42. The maximum absolute atomic E-state index is 10.2. The maximum Gasteiger partial charge on any atom is 0.131 e. The van der Waals surface area contributed by atoms with Gasteiger partial charge in [-0.15, -0.1) is 0 Å². The van der Waals surface area contributed by atoms with Crippen LogP contribution < -0.4 is 9.47 Å². The molecule has 4 aromatic carbocycles. The van der Waals surface area contributed by atoms with E-state index in [9.17, 15) is 5.11 Å². The Morgan fingerprint density at radius 3 is 1.76 bits per heavy atom. The fraction of sp³-hybridized carbons (Fsp3) is 0.314. The van der Waals surface area contributed by atoms with E-state index in [4.69, 9.17) is 24.1 Å². The molecule has 4 aromatic rings. The van der Waals surface area contributed by atoms with Gasteiger partial charge in [-0.05, 0) is 40.7 Å². The largest absolute Gasteiger partial charge is 0.488 e. The molecule has 0 saturated carbocycles. The molecule has 0 heterocycles. The molecule has 0 amide bonds. The zero-order valence-corrected chi connectivity index (χ0v) is 23.7. The van der Waals surface area contributed by atoms with Crippen LogP contribution in [0.2, 0.25) is 0 Å². The molecule has 6 heteroatoms. The molecule has 1 unspecified atom stereocenters. The first-order valence-corrected chi connectivity index (χ1v) is 14.2. The second-order valence-electron chi connectivity index (χ2n) is 9.75. The Morgan fingerprint density at radius 1 is 0.659 bits per heavy atom. The Morgan fingerprint density at radius 2 is 1.20 bits per heavy atom. The topological polar surface area (TPSA) is 77.4 Å². The molecule has 41 heavy (non-hydrogen) atoms. The lowest BCUT2D eigenvalue weighted by molar-refractivity contribution is -0.0245. The fourth-order valence-corrected chi connectivity index (χ4v) is 4.75. The highest BCUT2D eigenvalue weighted by molar-refractivity contribution is 5.77. The lowest BCUT2D eigenvalue weighted by Crippen LogP contribution is -2.23. The number of aliphatic hydroxyl groups excluding tert-OH is 2. The van der Waals surface area contributed by atoms with Crippen LogP contribution in [-0.4, -0.2) is 49.4 Å². The molecule has 6 nitrogen and oxygen atoms in total. The van der Waals surface area contributed by atoms with Crippen molar-refractivity contribution in [3.63, 3.8) is 0 Å². The quantitative estimate of drug-likeness (QED) is 0.155. The van der Waals surface area contributed by atoms with E-state index in [1.807, 2.05) is 60.7 Å². The Bertz CT molecular complexity index is 1290. The van der Waals surface area contributed by atoms with Crippen LogP contribution in [0.15, 0.2) is 97.1 Å². The Balaban J connectivity index is 1.66. The molecule has 4 rings (SSSR count). The summed E-state index contributed by atoms with van der Waals surface area (Å²) in [5, 5.41) is 19.1. The molecule has 0 bridgehead atoms. The third-order valence-corrected chi connectivity index (χ3v) is 6.71. The van der Waals surface area contributed by atoms with E-state index < -0.39 is 6.10 Å². The summed E-state index contributed by atoms with van der Waals surface area (Å²) >= 11 is 0. The molecule has 0 radical (unpaired) electrons. The summed E-state index contributed by atoms with van der Waals surface area (Å²) in [6.45, 7) is 3.81. The molecule has 1 atom stereocenters. The molecule has 0 aromatic heterocycles. The van der Waals surface area contributed by atoms with Crippen LogP contribution in [0, 0.1) is 0 Å². The summed E-state index contributed by atoms with van der Waals surface area (Å²) < 4.78 is 24.1. The molecule has 0 fully saturated rings. The first-order chi connectivity index (χ1) is 20.2. The highest BCUT2D eigenvalue weighted by Gasteiger charge is 2.21. The van der Waals surface area contributed by atoms with Crippen molar-refractivity contribution in [2.75, 3.05) is 33.0 Å².